The van der Waals surface area contributed by atoms with Crippen LogP contribution in [0.25, 0.3) is 10.4 Å². The van der Waals surface area contributed by atoms with Crippen LogP contribution in [0.4, 0.5) is 0 Å². The number of fused-ring (bicyclic) bond motifs is 3. The molecule has 0 spiro atoms. The number of ketones is 1. The minimum atomic E-state index is 0.110. The summed E-state index contributed by atoms with van der Waals surface area (Å²) in [5.74, 6) is 0.808. The highest BCUT2D eigenvalue weighted by atomic mass is 32.1. The number of hydrogen-bond donors (Lipinski definition) is 0. The summed E-state index contributed by atoms with van der Waals surface area (Å²) < 4.78 is 0. The van der Waals surface area contributed by atoms with E-state index in [1.165, 1.54) is 16.0 Å². The highest BCUT2D eigenvalue weighted by Gasteiger charge is 2.40. The first-order valence-electron chi connectivity index (χ1n) is 7.72. The van der Waals surface area contributed by atoms with E-state index in [1.54, 1.807) is 11.3 Å². The average Bonchev–Trinajstić information content (AvgIpc) is 3.06. The lowest BCUT2D eigenvalue weighted by Gasteiger charge is -2.44. The minimum Gasteiger partial charge on any atom is -0.298 e. The standard InChI is InChI=1S/C18H19NOS/c20-18-13-7-9-19(10-8-13)16(18)12-14-4-1-2-5-15(14)17-6-3-11-21-17/h1-6,11,13,16H,7-10,12H2. The predicted molar refractivity (Wildman–Crippen MR) is 86.6 cm³/mol. The summed E-state index contributed by atoms with van der Waals surface area (Å²) in [6.07, 6.45) is 3.01. The molecule has 2 aromatic rings. The van der Waals surface area contributed by atoms with E-state index in [1.807, 2.05) is 0 Å². The van der Waals surface area contributed by atoms with Crippen LogP contribution in [0.1, 0.15) is 18.4 Å². The smallest absolute Gasteiger partial charge is 0.153 e. The van der Waals surface area contributed by atoms with Crippen molar-refractivity contribution in [2.45, 2.75) is 25.3 Å². The molecule has 0 saturated carbocycles. The first kappa shape index (κ1) is 13.2. The van der Waals surface area contributed by atoms with Gasteiger partial charge in [-0.1, -0.05) is 30.3 Å². The van der Waals surface area contributed by atoms with Crippen LogP contribution >= 0.6 is 11.3 Å². The summed E-state index contributed by atoms with van der Waals surface area (Å²) in [7, 11) is 0. The first-order chi connectivity index (χ1) is 10.3. The van der Waals surface area contributed by atoms with Crippen molar-refractivity contribution < 1.29 is 4.79 Å². The van der Waals surface area contributed by atoms with E-state index < -0.39 is 0 Å². The SMILES string of the molecule is O=C1C2CCN(CC2)C1Cc1ccccc1-c1cccs1. The van der Waals surface area contributed by atoms with Crippen LogP contribution in [0.2, 0.25) is 0 Å². The second-order valence-electron chi connectivity index (χ2n) is 6.07. The zero-order valence-corrected chi connectivity index (χ0v) is 12.8. The number of carbonyl (C=O) groups excluding carboxylic acids is 1. The predicted octanol–water partition coefficient (Wildman–Crippen LogP) is 3.62. The Morgan fingerprint density at radius 2 is 1.90 bits per heavy atom. The summed E-state index contributed by atoms with van der Waals surface area (Å²) >= 11 is 1.77. The fourth-order valence-electron chi connectivity index (χ4n) is 3.76. The van der Waals surface area contributed by atoms with Crippen LogP contribution in [0.5, 0.6) is 0 Å². The lowest BCUT2D eigenvalue weighted by atomic mass is 9.79. The Bertz CT molecular complexity index is 641. The Hall–Kier alpha value is -1.45. The van der Waals surface area contributed by atoms with E-state index in [9.17, 15) is 4.79 Å². The number of hydrogen-bond acceptors (Lipinski definition) is 3. The molecule has 3 aliphatic rings. The fraction of sp³-hybridized carbons (Fsp3) is 0.389. The molecular formula is C18H19NOS. The number of thiophene rings is 1. The van der Waals surface area contributed by atoms with Gasteiger partial charge in [-0.2, -0.15) is 0 Å². The lowest BCUT2D eigenvalue weighted by Crippen LogP contribution is -2.56. The molecule has 3 heteroatoms. The van der Waals surface area contributed by atoms with Gasteiger partial charge in [-0.15, -0.1) is 11.3 Å². The van der Waals surface area contributed by atoms with Crippen LogP contribution in [-0.4, -0.2) is 29.8 Å². The molecule has 3 aliphatic heterocycles. The molecule has 1 aromatic carbocycles. The van der Waals surface area contributed by atoms with Crippen LogP contribution in [-0.2, 0) is 11.2 Å². The van der Waals surface area contributed by atoms with Crippen LogP contribution < -0.4 is 0 Å². The summed E-state index contributed by atoms with van der Waals surface area (Å²) in [5.41, 5.74) is 2.61. The number of Topliss-reactive ketones (excluding diaryl/α,β-unsaturated/α-hetero) is 1. The molecule has 1 unspecified atom stereocenters. The summed E-state index contributed by atoms with van der Waals surface area (Å²) in [4.78, 5) is 16.2. The average molecular weight is 297 g/mol. The van der Waals surface area contributed by atoms with Gasteiger partial charge in [0, 0.05) is 10.8 Å². The quantitative estimate of drug-likeness (QED) is 0.862. The van der Waals surface area contributed by atoms with Crippen molar-refractivity contribution in [1.29, 1.82) is 0 Å². The number of carbonyl (C=O) groups is 1. The number of rotatable bonds is 3. The number of nitrogens with zero attached hydrogens (tertiary/aromatic N) is 1. The maximum atomic E-state index is 12.6. The van der Waals surface area contributed by atoms with Gasteiger partial charge in [0.2, 0.25) is 0 Å². The second kappa shape index (κ2) is 5.39. The maximum absolute atomic E-state index is 12.6. The van der Waals surface area contributed by atoms with Crippen molar-refractivity contribution in [3.05, 3.63) is 47.3 Å². The molecule has 3 fully saturated rings. The molecule has 4 heterocycles. The zero-order valence-electron chi connectivity index (χ0n) is 12.0. The third kappa shape index (κ3) is 2.34. The highest BCUT2D eigenvalue weighted by molar-refractivity contribution is 7.13. The van der Waals surface area contributed by atoms with Gasteiger partial charge < -0.3 is 0 Å². The molecule has 2 bridgehead atoms. The Balaban J connectivity index is 1.65. The summed E-state index contributed by atoms with van der Waals surface area (Å²) in [6.45, 7) is 2.20. The number of benzene rings is 1. The van der Waals surface area contributed by atoms with E-state index in [0.29, 0.717) is 11.7 Å². The molecule has 5 rings (SSSR count). The van der Waals surface area contributed by atoms with Gasteiger partial charge in [0.15, 0.2) is 5.78 Å². The normalized spacial score (nSPS) is 28.0. The van der Waals surface area contributed by atoms with Gasteiger partial charge in [0.25, 0.3) is 0 Å². The van der Waals surface area contributed by atoms with Crippen molar-refractivity contribution in [2.75, 3.05) is 13.1 Å². The molecule has 21 heavy (non-hydrogen) atoms. The molecule has 0 N–H and O–H groups in total. The largest absolute Gasteiger partial charge is 0.298 e. The van der Waals surface area contributed by atoms with Crippen molar-refractivity contribution in [1.82, 2.24) is 4.90 Å². The van der Waals surface area contributed by atoms with Gasteiger partial charge in [0.1, 0.15) is 0 Å². The van der Waals surface area contributed by atoms with Crippen LogP contribution in [0.15, 0.2) is 41.8 Å². The van der Waals surface area contributed by atoms with E-state index in [4.69, 9.17) is 0 Å². The Labute approximate surface area is 129 Å². The van der Waals surface area contributed by atoms with Crippen LogP contribution in [0.3, 0.4) is 0 Å². The van der Waals surface area contributed by atoms with Crippen molar-refractivity contribution in [2.24, 2.45) is 5.92 Å². The summed E-state index contributed by atoms with van der Waals surface area (Å²) in [5, 5.41) is 2.11. The van der Waals surface area contributed by atoms with Crippen molar-refractivity contribution in [3.8, 4) is 10.4 Å². The molecule has 2 nitrogen and oxygen atoms in total. The van der Waals surface area contributed by atoms with E-state index >= 15 is 0 Å². The Morgan fingerprint density at radius 1 is 1.10 bits per heavy atom. The molecule has 3 saturated heterocycles. The second-order valence-corrected chi connectivity index (χ2v) is 7.01. The third-order valence-electron chi connectivity index (χ3n) is 4.92. The topological polar surface area (TPSA) is 20.3 Å². The van der Waals surface area contributed by atoms with Gasteiger partial charge in [0.05, 0.1) is 6.04 Å². The molecule has 0 amide bonds. The van der Waals surface area contributed by atoms with Crippen LogP contribution in [0, 0.1) is 5.92 Å². The van der Waals surface area contributed by atoms with E-state index in [0.717, 1.165) is 32.4 Å². The first-order valence-corrected chi connectivity index (χ1v) is 8.60. The summed E-state index contributed by atoms with van der Waals surface area (Å²) in [6, 6.07) is 12.9. The Morgan fingerprint density at radius 3 is 2.62 bits per heavy atom. The minimum absolute atomic E-state index is 0.110. The third-order valence-corrected chi connectivity index (χ3v) is 5.82. The molecule has 108 valence electrons. The molecular weight excluding hydrogens is 278 g/mol. The van der Waals surface area contributed by atoms with Gasteiger partial charge in [-0.3, -0.25) is 9.69 Å². The Kier molecular flexibility index (Phi) is 3.40. The van der Waals surface area contributed by atoms with Crippen molar-refractivity contribution >= 4 is 17.1 Å². The molecule has 1 aromatic heterocycles. The number of piperidine rings is 3. The van der Waals surface area contributed by atoms with Crippen molar-refractivity contribution in [3.63, 3.8) is 0 Å². The van der Waals surface area contributed by atoms with E-state index in [2.05, 4.69) is 46.7 Å². The molecule has 1 atom stereocenters. The maximum Gasteiger partial charge on any atom is 0.153 e. The fourth-order valence-corrected chi connectivity index (χ4v) is 4.54. The monoisotopic (exact) mass is 297 g/mol. The molecule has 0 radical (unpaired) electrons. The van der Waals surface area contributed by atoms with Gasteiger partial charge in [-0.05, 0) is 54.9 Å². The highest BCUT2D eigenvalue weighted by Crippen LogP contribution is 2.34. The lowest BCUT2D eigenvalue weighted by molar-refractivity contribution is -0.136. The van der Waals surface area contributed by atoms with Gasteiger partial charge in [-0.25, -0.2) is 0 Å². The zero-order chi connectivity index (χ0) is 14.2. The van der Waals surface area contributed by atoms with Gasteiger partial charge >= 0.3 is 0 Å². The molecule has 0 aliphatic carbocycles. The van der Waals surface area contributed by atoms with E-state index in [-0.39, 0.29) is 6.04 Å².